The summed E-state index contributed by atoms with van der Waals surface area (Å²) in [6, 6.07) is 25.3. The highest BCUT2D eigenvalue weighted by molar-refractivity contribution is 6.99. The Morgan fingerprint density at radius 2 is 1.47 bits per heavy atom. The van der Waals surface area contributed by atoms with E-state index in [2.05, 4.69) is 61.0 Å². The van der Waals surface area contributed by atoms with Crippen molar-refractivity contribution in [1.82, 2.24) is 20.9 Å². The van der Waals surface area contributed by atoms with Gasteiger partial charge in [0.15, 0.2) is 5.78 Å². The first-order chi connectivity index (χ1) is 28.1. The normalized spacial score (nSPS) is 22.3. The number of carbonyl (C=O) groups excluding carboxylic acids is 5. The van der Waals surface area contributed by atoms with Crippen LogP contribution in [0.3, 0.4) is 0 Å². The minimum Gasteiger partial charge on any atom is -0.494 e. The maximum Gasteiger partial charge on any atom is 0.262 e. The molecule has 3 aromatic carbocycles. The van der Waals surface area contributed by atoms with Gasteiger partial charge in [-0.1, -0.05) is 113 Å². The molecule has 2 aliphatic rings. The Hall–Kier alpha value is -4.81. The van der Waals surface area contributed by atoms with Gasteiger partial charge in [0.1, 0.15) is 35.5 Å². The van der Waals surface area contributed by atoms with E-state index >= 15 is 0 Å². The predicted octanol–water partition coefficient (Wildman–Crippen LogP) is 5.37. The number of ketones is 1. The average Bonchev–Trinajstić information content (AvgIpc) is 3.72. The molecule has 0 unspecified atom stereocenters. The number of nitrogens with zero attached hydrogens (tertiary/aromatic N) is 1. The lowest BCUT2D eigenvalue weighted by molar-refractivity contribution is -0.144. The fourth-order valence-electron chi connectivity index (χ4n) is 8.40. The van der Waals surface area contributed by atoms with Gasteiger partial charge in [0, 0.05) is 19.4 Å². The van der Waals surface area contributed by atoms with Gasteiger partial charge in [-0.15, -0.1) is 0 Å². The van der Waals surface area contributed by atoms with Crippen LogP contribution in [0.5, 0.6) is 5.75 Å². The van der Waals surface area contributed by atoms with Crippen molar-refractivity contribution < 1.29 is 33.1 Å². The molecular weight excluding hydrogens is 761 g/mol. The van der Waals surface area contributed by atoms with Gasteiger partial charge in [-0.25, -0.2) is 0 Å². The highest BCUT2D eigenvalue weighted by Crippen LogP contribution is 2.38. The Bertz CT molecular complexity index is 1860. The molecule has 2 fully saturated rings. The number of benzene rings is 3. The lowest BCUT2D eigenvalue weighted by Gasteiger charge is -2.44. The molecule has 2 saturated heterocycles. The summed E-state index contributed by atoms with van der Waals surface area (Å²) in [6.45, 7) is 14.7. The quantitative estimate of drug-likeness (QED) is 0.130. The van der Waals surface area contributed by atoms with E-state index in [1.54, 1.807) is 18.7 Å². The Morgan fingerprint density at radius 3 is 2.05 bits per heavy atom. The molecule has 0 bridgehead atoms. The van der Waals surface area contributed by atoms with Gasteiger partial charge >= 0.3 is 0 Å². The predicted molar refractivity (Wildman–Crippen MR) is 233 cm³/mol. The third-order valence-corrected chi connectivity index (χ3v) is 17.1. The van der Waals surface area contributed by atoms with E-state index in [4.69, 9.17) is 9.16 Å². The van der Waals surface area contributed by atoms with Crippen LogP contribution in [0, 0.1) is 0 Å². The number of nitrogens with one attached hydrogen (secondary N) is 3. The number of carbonyl (C=O) groups is 5. The Morgan fingerprint density at radius 1 is 0.847 bits per heavy atom. The third-order valence-electron chi connectivity index (χ3n) is 12.0. The summed E-state index contributed by atoms with van der Waals surface area (Å²) in [5, 5.41) is 10.8. The zero-order chi connectivity index (χ0) is 42.8. The van der Waals surface area contributed by atoms with Crippen molar-refractivity contribution in [2.24, 2.45) is 0 Å². The van der Waals surface area contributed by atoms with Crippen LogP contribution in [0.25, 0.3) is 0 Å². The van der Waals surface area contributed by atoms with E-state index in [1.807, 2.05) is 74.5 Å². The summed E-state index contributed by atoms with van der Waals surface area (Å²) in [7, 11) is -2.91. The van der Waals surface area contributed by atoms with Crippen molar-refractivity contribution in [3.8, 4) is 5.75 Å². The molecule has 3 aromatic rings. The number of hydrogen-bond donors (Lipinski definition) is 3. The number of Topliss-reactive ketones (excluding diaryl/α,β-unsaturated/α-hetero) is 1. The van der Waals surface area contributed by atoms with Crippen LogP contribution in [-0.4, -0.2) is 85.5 Å². The van der Waals surface area contributed by atoms with E-state index in [0.29, 0.717) is 63.8 Å². The standard InChI is InChI=1S/C47H64N4O7Si/c1-8-47(7)45(56)49-39(32-34-27-29-35(30-28-34)57-9-2)44(55)51-31-19-25-40(51)43(54)48-38(42(53)50-47)24-17-12-18-26-41(52)33(3)58-59(46(4,5)6,36-20-13-10-14-21-36)37-22-15-11-16-23-37/h10-11,13-16,20-23,27-30,33,38-40H,8-9,12,17-19,24-26,31-32H2,1-7H3,(H,48,54)(H,49,56)(H,50,53)/t33-,38-,39-,40+,47-/m0/s1. The first-order valence-electron chi connectivity index (χ1n) is 21.4. The molecule has 0 saturated carbocycles. The lowest BCUT2D eigenvalue weighted by atomic mass is 9.94. The molecule has 5 atom stereocenters. The van der Waals surface area contributed by atoms with E-state index in [0.717, 1.165) is 15.9 Å². The zero-order valence-corrected chi connectivity index (χ0v) is 37.0. The number of ether oxygens (including phenoxy) is 1. The van der Waals surface area contributed by atoms with Gasteiger partial charge in [0.05, 0.1) is 6.61 Å². The van der Waals surface area contributed by atoms with Gasteiger partial charge in [-0.3, -0.25) is 24.0 Å². The van der Waals surface area contributed by atoms with Gasteiger partial charge < -0.3 is 30.0 Å². The largest absolute Gasteiger partial charge is 0.494 e. The van der Waals surface area contributed by atoms with Crippen LogP contribution in [-0.2, 0) is 34.8 Å². The lowest BCUT2D eigenvalue weighted by Crippen LogP contribution is -2.68. The van der Waals surface area contributed by atoms with E-state index < -0.39 is 49.9 Å². The molecule has 0 spiro atoms. The summed E-state index contributed by atoms with van der Waals surface area (Å²) in [5.41, 5.74) is -0.515. The van der Waals surface area contributed by atoms with Crippen molar-refractivity contribution in [1.29, 1.82) is 0 Å². The third kappa shape index (κ3) is 10.7. The molecule has 4 amide bonds. The molecule has 0 radical (unpaired) electrons. The van der Waals surface area contributed by atoms with Crippen LogP contribution in [0.2, 0.25) is 5.04 Å². The van der Waals surface area contributed by atoms with Crippen LogP contribution < -0.4 is 31.1 Å². The molecule has 3 N–H and O–H groups in total. The number of amides is 4. The molecule has 5 rings (SSSR count). The average molecular weight is 825 g/mol. The molecule has 59 heavy (non-hydrogen) atoms. The Kier molecular flexibility index (Phi) is 15.3. The number of unbranched alkanes of at least 4 members (excludes halogenated alkanes) is 2. The Labute approximate surface area is 351 Å². The van der Waals surface area contributed by atoms with Crippen molar-refractivity contribution in [2.75, 3.05) is 13.2 Å². The molecule has 0 aromatic heterocycles. The minimum atomic E-state index is -2.91. The second-order valence-electron chi connectivity index (χ2n) is 17.2. The summed E-state index contributed by atoms with van der Waals surface area (Å²) in [6.07, 6.45) is 3.34. The fourth-order valence-corrected chi connectivity index (χ4v) is 13.1. The maximum absolute atomic E-state index is 14.2. The molecular formula is C47H64N4O7Si. The summed E-state index contributed by atoms with van der Waals surface area (Å²) >= 11 is 0. The monoisotopic (exact) mass is 824 g/mol. The highest BCUT2D eigenvalue weighted by Gasteiger charge is 2.51. The van der Waals surface area contributed by atoms with Gasteiger partial charge in [0.25, 0.3) is 8.32 Å². The van der Waals surface area contributed by atoms with Crippen molar-refractivity contribution in [2.45, 2.75) is 141 Å². The Balaban J connectivity index is 1.25. The van der Waals surface area contributed by atoms with Crippen molar-refractivity contribution in [3.05, 3.63) is 90.5 Å². The van der Waals surface area contributed by atoms with Crippen LogP contribution in [0.15, 0.2) is 84.9 Å². The van der Waals surface area contributed by atoms with Crippen LogP contribution in [0.4, 0.5) is 0 Å². The fraction of sp³-hybridized carbons (Fsp3) is 0.511. The van der Waals surface area contributed by atoms with E-state index in [9.17, 15) is 24.0 Å². The molecule has 2 aliphatic heterocycles. The topological polar surface area (TPSA) is 143 Å². The van der Waals surface area contributed by atoms with Crippen molar-refractivity contribution >= 4 is 48.1 Å². The highest BCUT2D eigenvalue weighted by atomic mass is 28.4. The molecule has 12 heteroatoms. The number of fused-ring (bicyclic) bond motifs is 1. The smallest absolute Gasteiger partial charge is 0.262 e. The van der Waals surface area contributed by atoms with E-state index in [-0.39, 0.29) is 35.5 Å². The molecule has 2 heterocycles. The summed E-state index contributed by atoms with van der Waals surface area (Å²) < 4.78 is 12.6. The summed E-state index contributed by atoms with van der Waals surface area (Å²) in [5.74, 6) is -0.911. The molecule has 318 valence electrons. The molecule has 11 nitrogen and oxygen atoms in total. The first-order valence-corrected chi connectivity index (χ1v) is 23.3. The second kappa shape index (κ2) is 20.0. The van der Waals surface area contributed by atoms with Crippen LogP contribution >= 0.6 is 0 Å². The SMILES string of the molecule is CCOc1ccc(C[C@@H]2NC(=O)[C@](C)(CC)NC(=O)[C@H](CCCCCC(=O)[C@H](C)O[Si](c3ccccc3)(c3ccccc3)C(C)(C)C)NC(=O)[C@H]3CCCN3C2=O)cc1. The maximum atomic E-state index is 14.2. The minimum absolute atomic E-state index is 0.0200. The number of hydrogen-bond acceptors (Lipinski definition) is 7. The van der Waals surface area contributed by atoms with Gasteiger partial charge in [-0.05, 0) is 86.0 Å². The van der Waals surface area contributed by atoms with Gasteiger partial charge in [0.2, 0.25) is 23.6 Å². The van der Waals surface area contributed by atoms with Crippen molar-refractivity contribution in [3.63, 3.8) is 0 Å². The van der Waals surface area contributed by atoms with Crippen LogP contribution in [0.1, 0.15) is 105 Å². The number of rotatable bonds is 16. The van der Waals surface area contributed by atoms with E-state index in [1.165, 1.54) is 0 Å². The van der Waals surface area contributed by atoms with Gasteiger partial charge in [-0.2, -0.15) is 0 Å². The first kappa shape index (κ1) is 45.3. The second-order valence-corrected chi connectivity index (χ2v) is 21.5. The zero-order valence-electron chi connectivity index (χ0n) is 36.0. The summed E-state index contributed by atoms with van der Waals surface area (Å²) in [4.78, 5) is 71.2. The molecule has 0 aliphatic carbocycles.